The molecule has 1 saturated carbocycles. The summed E-state index contributed by atoms with van der Waals surface area (Å²) in [5.41, 5.74) is 2.79. The molecule has 2 amide bonds. The van der Waals surface area contributed by atoms with Gasteiger partial charge >= 0.3 is 6.09 Å². The van der Waals surface area contributed by atoms with Crippen LogP contribution in [0.1, 0.15) is 110 Å². The number of para-hydroxylation sites is 1. The van der Waals surface area contributed by atoms with Crippen LogP contribution in [0.3, 0.4) is 0 Å². The van der Waals surface area contributed by atoms with Crippen LogP contribution in [0.2, 0.25) is 5.02 Å². The fourth-order valence-electron chi connectivity index (χ4n) is 8.64. The maximum atomic E-state index is 14.5. The summed E-state index contributed by atoms with van der Waals surface area (Å²) in [7, 11) is -8.25. The van der Waals surface area contributed by atoms with Crippen LogP contribution in [-0.4, -0.2) is 58.0 Å². The zero-order valence-corrected chi connectivity index (χ0v) is 42.9. The van der Waals surface area contributed by atoms with Gasteiger partial charge in [-0.2, -0.15) is 5.26 Å². The Bertz CT molecular complexity index is 3100. The number of Topliss-reactive ketones (excluding diaryl/α,β-unsaturated/α-hetero) is 1. The van der Waals surface area contributed by atoms with Gasteiger partial charge in [-0.3, -0.25) is 23.9 Å². The number of anilines is 4. The molecule has 15 nitrogen and oxygen atoms in total. The zero-order valence-electron chi connectivity index (χ0n) is 40.5. The van der Waals surface area contributed by atoms with Crippen molar-refractivity contribution in [2.24, 2.45) is 10.8 Å². The van der Waals surface area contributed by atoms with Gasteiger partial charge in [0.2, 0.25) is 22.0 Å². The number of allylic oxidation sites excluding steroid dienone is 1. The van der Waals surface area contributed by atoms with Crippen molar-refractivity contribution in [3.63, 3.8) is 0 Å². The highest BCUT2D eigenvalue weighted by molar-refractivity contribution is 7.93. The largest absolute Gasteiger partial charge is 0.435 e. The predicted octanol–water partition coefficient (Wildman–Crippen LogP) is 11.2. The van der Waals surface area contributed by atoms with Crippen molar-refractivity contribution in [3.05, 3.63) is 106 Å². The average molecular weight is 1000 g/mol. The van der Waals surface area contributed by atoms with Crippen LogP contribution in [0, 0.1) is 29.1 Å². The third-order valence-corrected chi connectivity index (χ3v) is 14.0. The summed E-state index contributed by atoms with van der Waals surface area (Å²) in [5, 5.41) is 12.8. The van der Waals surface area contributed by atoms with Crippen molar-refractivity contribution < 1.29 is 40.4 Å². The Balaban J connectivity index is 1.26. The normalized spacial score (nSPS) is 14.5. The molecule has 1 atom stereocenters. The quantitative estimate of drug-likeness (QED) is 0.0662. The molecule has 4 aromatic carbocycles. The molecule has 5 aromatic rings. The van der Waals surface area contributed by atoms with Gasteiger partial charge in [0.05, 0.1) is 28.3 Å². The summed E-state index contributed by atoms with van der Waals surface area (Å²) < 4.78 is 67.4. The monoisotopic (exact) mass is 998 g/mol. The summed E-state index contributed by atoms with van der Waals surface area (Å²) >= 11 is 6.48. The number of halogens is 1. The second kappa shape index (κ2) is 20.0. The number of aromatic nitrogens is 1. The van der Waals surface area contributed by atoms with Crippen LogP contribution >= 0.6 is 11.6 Å². The van der Waals surface area contributed by atoms with E-state index in [9.17, 15) is 36.5 Å². The summed E-state index contributed by atoms with van der Waals surface area (Å²) in [5.74, 6) is -1.58. The van der Waals surface area contributed by atoms with Gasteiger partial charge in [0, 0.05) is 17.1 Å². The number of hydrogen-bond acceptors (Lipinski definition) is 11. The number of ether oxygens (including phenoxy) is 1. The van der Waals surface area contributed by atoms with E-state index in [0.29, 0.717) is 40.8 Å². The van der Waals surface area contributed by atoms with Gasteiger partial charge in [0.15, 0.2) is 11.4 Å². The van der Waals surface area contributed by atoms with E-state index < -0.39 is 49.3 Å². The van der Waals surface area contributed by atoms with Crippen molar-refractivity contribution >= 4 is 94.9 Å². The Morgan fingerprint density at radius 1 is 0.913 bits per heavy atom. The van der Waals surface area contributed by atoms with Gasteiger partial charge < -0.3 is 14.5 Å². The average Bonchev–Trinajstić information content (AvgIpc) is 3.92. The number of hydrogen-bond donors (Lipinski definition) is 3. The number of carbonyl (C=O) groups excluding carboxylic acids is 3. The Morgan fingerprint density at radius 3 is 2.22 bits per heavy atom. The van der Waals surface area contributed by atoms with E-state index in [1.54, 1.807) is 45.0 Å². The maximum Gasteiger partial charge on any atom is 0.415 e. The molecule has 1 fully saturated rings. The molecule has 3 N–H and O–H groups in total. The second-order valence-corrected chi connectivity index (χ2v) is 24.2. The van der Waals surface area contributed by atoms with Gasteiger partial charge in [-0.1, -0.05) is 104 Å². The topological polar surface area (TPSA) is 218 Å². The highest BCUT2D eigenvalue weighted by Crippen LogP contribution is 2.38. The van der Waals surface area contributed by atoms with Gasteiger partial charge in [0.25, 0.3) is 15.9 Å². The molecule has 0 aliphatic heterocycles. The molecule has 0 saturated heterocycles. The standard InChI is InChI=1S/C51H59ClN6O9S2/c1-31-25-37(22-19-32(31)26-33(29-53)47-55-41-27-34(20-24-42(41)66-47)51(8,9)30-49(2,3)4)58(36-15-11-12-16-36)48(61)67-44(45(59)50(5,6)7)46(60)54-40-28-35(21-23-38(40)52)56-69(64,65)43-18-14-13-17-39(43)57-68(10,62)63/h13-14,17-28,36,44,56-57H,11-12,15-16,30H2,1-10H3,(H,54,60). The number of oxazole rings is 1. The van der Waals surface area contributed by atoms with E-state index in [1.807, 2.05) is 25.1 Å². The van der Waals surface area contributed by atoms with Gasteiger partial charge in [0.1, 0.15) is 22.1 Å². The molecule has 1 aromatic heterocycles. The van der Waals surface area contributed by atoms with E-state index in [2.05, 4.69) is 55.4 Å². The molecule has 69 heavy (non-hydrogen) atoms. The van der Waals surface area contributed by atoms with E-state index in [1.165, 1.54) is 47.4 Å². The first kappa shape index (κ1) is 52.2. The number of benzene rings is 4. The molecule has 1 heterocycles. The molecule has 18 heteroatoms. The lowest BCUT2D eigenvalue weighted by Gasteiger charge is -2.32. The fraction of sp³-hybridized carbons (Fsp3) is 0.392. The first-order chi connectivity index (χ1) is 32.0. The van der Waals surface area contributed by atoms with Crippen molar-refractivity contribution in [1.29, 1.82) is 5.26 Å². The summed E-state index contributed by atoms with van der Waals surface area (Å²) in [4.78, 5) is 48.4. The maximum absolute atomic E-state index is 14.5. The van der Waals surface area contributed by atoms with Gasteiger partial charge in [-0.25, -0.2) is 26.6 Å². The molecular formula is C51H59ClN6O9S2. The van der Waals surface area contributed by atoms with Crippen LogP contribution in [0.25, 0.3) is 22.7 Å². The Kier molecular flexibility index (Phi) is 15.1. The number of fused-ring (bicyclic) bond motifs is 1. The number of rotatable bonds is 15. The van der Waals surface area contributed by atoms with Crippen molar-refractivity contribution in [2.75, 3.05) is 25.9 Å². The minimum atomic E-state index is -4.41. The molecule has 6 rings (SSSR count). The molecule has 1 aliphatic carbocycles. The van der Waals surface area contributed by atoms with Gasteiger partial charge in [-0.15, -0.1) is 0 Å². The molecule has 0 radical (unpaired) electrons. The lowest BCUT2D eigenvalue weighted by Crippen LogP contribution is -2.48. The second-order valence-electron chi connectivity index (χ2n) is 20.4. The molecular weight excluding hydrogens is 940 g/mol. The van der Waals surface area contributed by atoms with E-state index in [0.717, 1.165) is 31.1 Å². The molecule has 1 unspecified atom stereocenters. The first-order valence-electron chi connectivity index (χ1n) is 22.4. The smallest absolute Gasteiger partial charge is 0.415 e. The van der Waals surface area contributed by atoms with Crippen molar-refractivity contribution in [2.45, 2.75) is 117 Å². The number of nitrogens with zero attached hydrogens (tertiary/aromatic N) is 3. The Hall–Kier alpha value is -6.22. The summed E-state index contributed by atoms with van der Waals surface area (Å²) in [6.45, 7) is 17.6. The highest BCUT2D eigenvalue weighted by Gasteiger charge is 2.41. The Morgan fingerprint density at radius 2 is 1.59 bits per heavy atom. The number of aryl methyl sites for hydroxylation is 1. The first-order valence-corrected chi connectivity index (χ1v) is 26.2. The molecule has 0 spiro atoms. The van der Waals surface area contributed by atoms with E-state index in [4.69, 9.17) is 25.7 Å². The predicted molar refractivity (Wildman–Crippen MR) is 271 cm³/mol. The van der Waals surface area contributed by atoms with Gasteiger partial charge in [-0.05, 0) is 114 Å². The summed E-state index contributed by atoms with van der Waals surface area (Å²) in [6.07, 6.45) is 3.55. The zero-order chi connectivity index (χ0) is 50.9. The minimum absolute atomic E-state index is 0.0311. The Labute approximate surface area is 409 Å². The number of nitriles is 1. The van der Waals surface area contributed by atoms with Crippen molar-refractivity contribution in [1.82, 2.24) is 4.98 Å². The summed E-state index contributed by atoms with van der Waals surface area (Å²) in [6, 6.07) is 22.3. The lowest BCUT2D eigenvalue weighted by molar-refractivity contribution is -0.142. The van der Waals surface area contributed by atoms with Crippen molar-refractivity contribution in [3.8, 4) is 6.07 Å². The van der Waals surface area contributed by atoms with Crippen LogP contribution in [0.4, 0.5) is 27.5 Å². The van der Waals surface area contributed by atoms with E-state index >= 15 is 0 Å². The third kappa shape index (κ3) is 12.9. The van der Waals surface area contributed by atoms with Crippen LogP contribution in [0.15, 0.2) is 88.2 Å². The number of sulfonamides is 2. The molecule has 366 valence electrons. The third-order valence-electron chi connectivity index (χ3n) is 11.6. The minimum Gasteiger partial charge on any atom is -0.435 e. The molecule has 0 bridgehead atoms. The lowest BCUT2D eigenvalue weighted by atomic mass is 9.72. The SMILES string of the molecule is Cc1cc(N(C(=O)OC(C(=O)Nc2cc(NS(=O)(=O)c3ccccc3NS(C)(=O)=O)ccc2Cl)C(=O)C(C)(C)C)C2CCCC2)ccc1C=C(C#N)c1nc2cc(C(C)(C)CC(C)(C)C)ccc2o1. The highest BCUT2D eigenvalue weighted by atomic mass is 35.5. The number of ketones is 1. The number of nitrogens with one attached hydrogen (secondary N) is 3. The van der Waals surface area contributed by atoms with E-state index in [-0.39, 0.29) is 55.3 Å². The fourth-order valence-corrected chi connectivity index (χ4v) is 10.7. The molecule has 1 aliphatic rings. The van der Waals surface area contributed by atoms with Crippen LogP contribution in [-0.2, 0) is 39.8 Å². The number of carbonyl (C=O) groups is 3. The van der Waals surface area contributed by atoms with Crippen LogP contribution < -0.4 is 19.7 Å². The van der Waals surface area contributed by atoms with Crippen LogP contribution in [0.5, 0.6) is 0 Å². The number of amides is 2.